The van der Waals surface area contributed by atoms with Crippen molar-refractivity contribution < 1.29 is 9.21 Å². The third-order valence-electron chi connectivity index (χ3n) is 3.75. The lowest BCUT2D eigenvalue weighted by Crippen LogP contribution is -2.45. The van der Waals surface area contributed by atoms with Gasteiger partial charge in [0.25, 0.3) is 5.91 Å². The minimum Gasteiger partial charge on any atom is -0.444 e. The molecule has 0 saturated carbocycles. The number of rotatable bonds is 1. The Morgan fingerprint density at radius 2 is 2.35 bits per heavy atom. The lowest BCUT2D eigenvalue weighted by atomic mass is 9.94. The van der Waals surface area contributed by atoms with Crippen molar-refractivity contribution in [1.29, 1.82) is 0 Å². The van der Waals surface area contributed by atoms with Gasteiger partial charge in [-0.2, -0.15) is 0 Å². The molecule has 0 bridgehead atoms. The van der Waals surface area contributed by atoms with Crippen LogP contribution in [0.4, 0.5) is 0 Å². The van der Waals surface area contributed by atoms with Crippen LogP contribution in [0.3, 0.4) is 0 Å². The summed E-state index contributed by atoms with van der Waals surface area (Å²) in [6.45, 7) is 2.90. The van der Waals surface area contributed by atoms with E-state index < -0.39 is 0 Å². The number of furan rings is 1. The summed E-state index contributed by atoms with van der Waals surface area (Å²) in [6, 6.07) is 3.90. The van der Waals surface area contributed by atoms with E-state index >= 15 is 0 Å². The fraction of sp³-hybridized carbons (Fsp3) is 0.583. The predicted molar refractivity (Wildman–Crippen MR) is 66.8 cm³/mol. The van der Waals surface area contributed by atoms with Crippen LogP contribution in [-0.4, -0.2) is 36.5 Å². The number of carbonyl (C=O) groups excluding carboxylic acids is 1. The molecule has 4 nitrogen and oxygen atoms in total. The fourth-order valence-electron chi connectivity index (χ4n) is 2.91. The first-order valence-corrected chi connectivity index (χ1v) is 6.82. The molecule has 1 aromatic rings. The number of piperidine rings is 1. The molecule has 1 aromatic heterocycles. The summed E-state index contributed by atoms with van der Waals surface area (Å²) >= 11 is 3.23. The van der Waals surface area contributed by atoms with Crippen molar-refractivity contribution in [3.05, 3.63) is 22.6 Å². The summed E-state index contributed by atoms with van der Waals surface area (Å²) in [5.74, 6) is 1.09. The predicted octanol–water partition coefficient (Wildman–Crippen LogP) is 1.87. The third kappa shape index (κ3) is 2.02. The van der Waals surface area contributed by atoms with E-state index in [2.05, 4.69) is 21.2 Å². The average molecular weight is 299 g/mol. The second kappa shape index (κ2) is 4.46. The second-order valence-electron chi connectivity index (χ2n) is 4.71. The number of nitrogens with one attached hydrogen (secondary N) is 1. The Balaban J connectivity index is 1.78. The lowest BCUT2D eigenvalue weighted by Gasteiger charge is -2.31. The zero-order chi connectivity index (χ0) is 11.8. The summed E-state index contributed by atoms with van der Waals surface area (Å²) in [5.41, 5.74) is 0. The SMILES string of the molecule is O=C(c1ccc(Br)o1)N1CCC2CNCCC21. The molecule has 0 aromatic carbocycles. The van der Waals surface area contributed by atoms with Gasteiger partial charge in [-0.3, -0.25) is 4.79 Å². The molecule has 1 N–H and O–H groups in total. The lowest BCUT2D eigenvalue weighted by molar-refractivity contribution is 0.0664. The first-order valence-electron chi connectivity index (χ1n) is 6.03. The Kier molecular flexibility index (Phi) is 2.96. The van der Waals surface area contributed by atoms with Crippen molar-refractivity contribution >= 4 is 21.8 Å². The topological polar surface area (TPSA) is 45.5 Å². The van der Waals surface area contributed by atoms with E-state index in [1.807, 2.05) is 4.90 Å². The van der Waals surface area contributed by atoms with Gasteiger partial charge >= 0.3 is 0 Å². The number of likely N-dealkylation sites (tertiary alicyclic amines) is 1. The molecule has 0 aliphatic carbocycles. The summed E-state index contributed by atoms with van der Waals surface area (Å²) < 4.78 is 5.96. The highest BCUT2D eigenvalue weighted by molar-refractivity contribution is 9.10. The standard InChI is InChI=1S/C12H15BrN2O2/c13-11-2-1-10(17-11)12(16)15-6-4-8-7-14-5-3-9(8)15/h1-2,8-9,14H,3-7H2. The molecule has 92 valence electrons. The molecule has 2 saturated heterocycles. The van der Waals surface area contributed by atoms with Crippen LogP contribution in [0.5, 0.6) is 0 Å². The van der Waals surface area contributed by atoms with Gasteiger partial charge in [0.15, 0.2) is 10.4 Å². The largest absolute Gasteiger partial charge is 0.444 e. The number of amides is 1. The number of nitrogens with zero attached hydrogens (tertiary/aromatic N) is 1. The number of fused-ring (bicyclic) bond motifs is 1. The van der Waals surface area contributed by atoms with Gasteiger partial charge in [0.05, 0.1) is 0 Å². The number of carbonyl (C=O) groups is 1. The first kappa shape index (κ1) is 11.3. The summed E-state index contributed by atoms with van der Waals surface area (Å²) in [4.78, 5) is 14.3. The minimum absolute atomic E-state index is 0.0325. The highest BCUT2D eigenvalue weighted by atomic mass is 79.9. The van der Waals surface area contributed by atoms with Crippen LogP contribution < -0.4 is 5.32 Å². The molecule has 0 spiro atoms. The normalized spacial score (nSPS) is 28.2. The Labute approximate surface area is 108 Å². The van der Waals surface area contributed by atoms with E-state index in [4.69, 9.17) is 4.42 Å². The van der Waals surface area contributed by atoms with E-state index in [0.717, 1.165) is 32.5 Å². The van der Waals surface area contributed by atoms with Gasteiger partial charge < -0.3 is 14.6 Å². The van der Waals surface area contributed by atoms with Gasteiger partial charge in [-0.25, -0.2) is 0 Å². The average Bonchev–Trinajstić information content (AvgIpc) is 2.94. The van der Waals surface area contributed by atoms with Gasteiger partial charge in [-0.05, 0) is 59.9 Å². The van der Waals surface area contributed by atoms with Crippen LogP contribution in [0.15, 0.2) is 21.2 Å². The molecular weight excluding hydrogens is 284 g/mol. The molecule has 2 unspecified atom stereocenters. The Hall–Kier alpha value is -0.810. The van der Waals surface area contributed by atoms with Crippen molar-refractivity contribution in [2.75, 3.05) is 19.6 Å². The number of hydrogen-bond acceptors (Lipinski definition) is 3. The van der Waals surface area contributed by atoms with Gasteiger partial charge in [-0.15, -0.1) is 0 Å². The van der Waals surface area contributed by atoms with Crippen molar-refractivity contribution in [2.45, 2.75) is 18.9 Å². The molecule has 2 atom stereocenters. The summed E-state index contributed by atoms with van der Waals surface area (Å²) in [7, 11) is 0. The van der Waals surface area contributed by atoms with Gasteiger partial charge in [-0.1, -0.05) is 0 Å². The molecule has 2 aliphatic heterocycles. The molecule has 0 radical (unpaired) electrons. The van der Waals surface area contributed by atoms with Crippen molar-refractivity contribution in [1.82, 2.24) is 10.2 Å². The van der Waals surface area contributed by atoms with Gasteiger partial charge in [0, 0.05) is 12.6 Å². The molecule has 5 heteroatoms. The maximum Gasteiger partial charge on any atom is 0.289 e. The molecule has 3 heterocycles. The maximum atomic E-state index is 12.3. The Morgan fingerprint density at radius 1 is 1.47 bits per heavy atom. The Morgan fingerprint density at radius 3 is 3.12 bits per heavy atom. The van der Waals surface area contributed by atoms with Crippen LogP contribution in [0.25, 0.3) is 0 Å². The molecule has 1 amide bonds. The number of hydrogen-bond donors (Lipinski definition) is 1. The first-order chi connectivity index (χ1) is 8.25. The zero-order valence-electron chi connectivity index (χ0n) is 9.49. The van der Waals surface area contributed by atoms with Crippen molar-refractivity contribution in [3.8, 4) is 0 Å². The van der Waals surface area contributed by atoms with Gasteiger partial charge in [0.2, 0.25) is 0 Å². The smallest absolute Gasteiger partial charge is 0.289 e. The highest BCUT2D eigenvalue weighted by Crippen LogP contribution is 2.30. The summed E-state index contributed by atoms with van der Waals surface area (Å²) in [5, 5.41) is 3.39. The van der Waals surface area contributed by atoms with E-state index in [9.17, 15) is 4.79 Å². The minimum atomic E-state index is 0.0325. The highest BCUT2D eigenvalue weighted by Gasteiger charge is 2.39. The molecular formula is C12H15BrN2O2. The molecule has 3 rings (SSSR count). The van der Waals surface area contributed by atoms with Crippen LogP contribution in [-0.2, 0) is 0 Å². The molecule has 2 fully saturated rings. The summed E-state index contributed by atoms with van der Waals surface area (Å²) in [6.07, 6.45) is 2.16. The van der Waals surface area contributed by atoms with E-state index in [-0.39, 0.29) is 5.91 Å². The van der Waals surface area contributed by atoms with E-state index in [1.165, 1.54) is 0 Å². The Bertz CT molecular complexity index is 432. The van der Waals surface area contributed by atoms with Crippen LogP contribution in [0.2, 0.25) is 0 Å². The quantitative estimate of drug-likeness (QED) is 0.861. The van der Waals surface area contributed by atoms with Crippen molar-refractivity contribution in [3.63, 3.8) is 0 Å². The van der Waals surface area contributed by atoms with E-state index in [0.29, 0.717) is 22.4 Å². The van der Waals surface area contributed by atoms with Crippen LogP contribution >= 0.6 is 15.9 Å². The molecule has 17 heavy (non-hydrogen) atoms. The van der Waals surface area contributed by atoms with Crippen molar-refractivity contribution in [2.24, 2.45) is 5.92 Å². The monoisotopic (exact) mass is 298 g/mol. The zero-order valence-corrected chi connectivity index (χ0v) is 11.1. The maximum absolute atomic E-state index is 12.3. The fourth-order valence-corrected chi connectivity index (χ4v) is 3.21. The van der Waals surface area contributed by atoms with E-state index in [1.54, 1.807) is 12.1 Å². The van der Waals surface area contributed by atoms with Crippen LogP contribution in [0.1, 0.15) is 23.4 Å². The number of halogens is 1. The van der Waals surface area contributed by atoms with Crippen LogP contribution in [0, 0.1) is 5.92 Å². The van der Waals surface area contributed by atoms with Gasteiger partial charge in [0.1, 0.15) is 0 Å². The third-order valence-corrected chi connectivity index (χ3v) is 4.18. The second-order valence-corrected chi connectivity index (χ2v) is 5.49. The molecule has 2 aliphatic rings.